The second kappa shape index (κ2) is 8.87. The lowest BCUT2D eigenvalue weighted by molar-refractivity contribution is -0.154. The molecule has 0 spiro atoms. The van der Waals surface area contributed by atoms with Gasteiger partial charge < -0.3 is 9.71 Å². The smallest absolute Gasteiger partial charge is 0.348 e. The van der Waals surface area contributed by atoms with E-state index in [-0.39, 0.29) is 42.3 Å². The summed E-state index contributed by atoms with van der Waals surface area (Å²) in [6, 6.07) is 7.05. The molecule has 170 valence electrons. The van der Waals surface area contributed by atoms with Crippen molar-refractivity contribution in [2.45, 2.75) is 37.9 Å². The number of imide groups is 1. The fraction of sp³-hybridized carbons (Fsp3) is 0.273. The molecule has 0 aromatic heterocycles. The molecule has 0 bridgehead atoms. The summed E-state index contributed by atoms with van der Waals surface area (Å²) in [5, 5.41) is 2.36. The molecule has 12 heteroatoms. The van der Waals surface area contributed by atoms with Crippen molar-refractivity contribution in [2.24, 2.45) is 0 Å². The molecule has 1 N–H and O–H groups in total. The average Bonchev–Trinajstić information content (AvgIpc) is 3.08. The van der Waals surface area contributed by atoms with Crippen LogP contribution in [0.15, 0.2) is 36.4 Å². The summed E-state index contributed by atoms with van der Waals surface area (Å²) in [6.07, 6.45) is 0.337. The highest BCUT2D eigenvalue weighted by molar-refractivity contribution is 6.37. The van der Waals surface area contributed by atoms with Crippen LogP contribution in [-0.2, 0) is 33.4 Å². The van der Waals surface area contributed by atoms with Gasteiger partial charge in [-0.3, -0.25) is 24.5 Å². The topological polar surface area (TPSA) is 86.8 Å². The average molecular weight is 481 g/mol. The minimum atomic E-state index is -3.99. The predicted octanol–water partition coefficient (Wildman–Crippen LogP) is 1.10. The summed E-state index contributed by atoms with van der Waals surface area (Å²) in [4.78, 5) is 50.5. The third kappa shape index (κ3) is 4.32. The minimum Gasteiger partial charge on any atom is -0.387 e. The molecule has 0 saturated carbocycles. The predicted molar refractivity (Wildman–Crippen MR) is 120 cm³/mol. The number of fused-ring (bicyclic) bond motifs is 1. The molecule has 7 nitrogen and oxygen atoms in total. The number of hydrogen-bond donors (Lipinski definition) is 1. The molecule has 34 heavy (non-hydrogen) atoms. The van der Waals surface area contributed by atoms with Crippen molar-refractivity contribution < 1.29 is 28.0 Å². The monoisotopic (exact) mass is 481 g/mol. The van der Waals surface area contributed by atoms with E-state index in [1.165, 1.54) is 23.1 Å². The Balaban J connectivity index is 1.49. The number of hydrogen-bond acceptors (Lipinski definition) is 4. The molecule has 1 atom stereocenters. The van der Waals surface area contributed by atoms with Crippen LogP contribution >= 0.6 is 11.6 Å². The molecule has 2 heterocycles. The zero-order valence-electron chi connectivity index (χ0n) is 17.7. The first-order valence-electron chi connectivity index (χ1n) is 10.3. The highest BCUT2D eigenvalue weighted by Crippen LogP contribution is 2.31. The fourth-order valence-corrected chi connectivity index (χ4v) is 4.29. The van der Waals surface area contributed by atoms with E-state index < -0.39 is 35.2 Å². The van der Waals surface area contributed by atoms with Crippen molar-refractivity contribution in [3.63, 3.8) is 0 Å². The zero-order valence-corrected chi connectivity index (χ0v) is 18.4. The Morgan fingerprint density at radius 2 is 1.94 bits per heavy atom. The number of alkyl halides is 2. The number of piperidine rings is 1. The second-order valence-corrected chi connectivity index (χ2v) is 8.57. The van der Waals surface area contributed by atoms with Gasteiger partial charge in [0.1, 0.15) is 13.9 Å². The third-order valence-corrected chi connectivity index (χ3v) is 6.06. The largest absolute Gasteiger partial charge is 0.387 e. The van der Waals surface area contributed by atoms with E-state index in [9.17, 15) is 28.0 Å². The Morgan fingerprint density at radius 3 is 2.62 bits per heavy atom. The first-order chi connectivity index (χ1) is 16.0. The molecule has 4 rings (SSSR count). The van der Waals surface area contributed by atoms with Crippen LogP contribution in [0.1, 0.15) is 39.9 Å². The maximum Gasteiger partial charge on any atom is 0.348 e. The molecular weight excluding hydrogens is 465 g/mol. The standard InChI is InChI=1S/C22H16B2ClF2N3O4/c23-16-8-13(25)2-4-15(16)22(26,27)21(34)30(24)9-11-1-3-14-12(7-11)10-29(20(14)33)17-5-6-18(31)28-19(17)32/h1-4,7-8,17H,5-6,9-10H2,(H,28,31,32). The van der Waals surface area contributed by atoms with Crippen molar-refractivity contribution in [2.75, 3.05) is 0 Å². The molecule has 4 amide bonds. The Labute approximate surface area is 201 Å². The van der Waals surface area contributed by atoms with Crippen LogP contribution in [0.3, 0.4) is 0 Å². The molecule has 2 aliphatic heterocycles. The van der Waals surface area contributed by atoms with Gasteiger partial charge in [-0.15, -0.1) is 0 Å². The quantitative estimate of drug-likeness (QED) is 0.512. The van der Waals surface area contributed by atoms with Crippen molar-refractivity contribution in [3.05, 3.63) is 63.7 Å². The van der Waals surface area contributed by atoms with Gasteiger partial charge in [-0.2, -0.15) is 8.78 Å². The SMILES string of the molecule is [B]c1cc(Cl)ccc1C(F)(F)C(=O)N([B])Cc1ccc2c(c1)CN(C1CCC(=O)NC1=O)C2=O. The number of nitrogens with one attached hydrogen (secondary N) is 1. The number of carbonyl (C=O) groups is 4. The van der Waals surface area contributed by atoms with Gasteiger partial charge in [-0.25, -0.2) is 0 Å². The maximum absolute atomic E-state index is 14.8. The van der Waals surface area contributed by atoms with Crippen molar-refractivity contribution >= 4 is 56.5 Å². The molecule has 2 aromatic rings. The van der Waals surface area contributed by atoms with Crippen LogP contribution < -0.4 is 10.8 Å². The molecular formula is C22H16B2ClF2N3O4. The van der Waals surface area contributed by atoms with Gasteiger partial charge in [-0.05, 0) is 29.7 Å². The van der Waals surface area contributed by atoms with Crippen LogP contribution in [0.25, 0.3) is 0 Å². The highest BCUT2D eigenvalue weighted by Gasteiger charge is 2.44. The van der Waals surface area contributed by atoms with Gasteiger partial charge in [0, 0.05) is 35.7 Å². The maximum atomic E-state index is 14.8. The van der Waals surface area contributed by atoms with E-state index in [1.807, 2.05) is 0 Å². The van der Waals surface area contributed by atoms with E-state index in [2.05, 4.69) is 5.32 Å². The second-order valence-electron chi connectivity index (χ2n) is 8.13. The summed E-state index contributed by atoms with van der Waals surface area (Å²) in [7, 11) is 11.3. The van der Waals surface area contributed by atoms with Crippen molar-refractivity contribution in [1.82, 2.24) is 15.0 Å². The summed E-state index contributed by atoms with van der Waals surface area (Å²) in [5.41, 5.74) is 0.261. The molecule has 1 saturated heterocycles. The number of amides is 4. The molecule has 2 aromatic carbocycles. The summed E-state index contributed by atoms with van der Waals surface area (Å²) >= 11 is 5.74. The van der Waals surface area contributed by atoms with E-state index in [0.717, 1.165) is 12.1 Å². The van der Waals surface area contributed by atoms with Gasteiger partial charge in [-0.1, -0.05) is 41.3 Å². The Bertz CT molecular complexity index is 1230. The van der Waals surface area contributed by atoms with E-state index >= 15 is 0 Å². The molecule has 4 radical (unpaired) electrons. The van der Waals surface area contributed by atoms with Crippen LogP contribution in [0.5, 0.6) is 0 Å². The van der Waals surface area contributed by atoms with Crippen LogP contribution in [0.2, 0.25) is 5.02 Å². The summed E-state index contributed by atoms with van der Waals surface area (Å²) in [6.45, 7) is -0.258. The van der Waals surface area contributed by atoms with Crippen molar-refractivity contribution in [3.8, 4) is 0 Å². The number of nitrogens with zero attached hydrogens (tertiary/aromatic N) is 2. The lowest BCUT2D eigenvalue weighted by atomic mass is 9.87. The number of halogens is 3. The lowest BCUT2D eigenvalue weighted by Gasteiger charge is -2.29. The molecule has 0 aliphatic carbocycles. The van der Waals surface area contributed by atoms with Crippen LogP contribution in [0, 0.1) is 0 Å². The van der Waals surface area contributed by atoms with Gasteiger partial charge >= 0.3 is 5.92 Å². The van der Waals surface area contributed by atoms with E-state index in [0.29, 0.717) is 21.5 Å². The fourth-order valence-electron chi connectivity index (χ4n) is 4.11. The Kier molecular flexibility index (Phi) is 6.24. The van der Waals surface area contributed by atoms with E-state index in [1.54, 1.807) is 6.07 Å². The zero-order chi connectivity index (χ0) is 24.8. The van der Waals surface area contributed by atoms with Gasteiger partial charge in [0.25, 0.3) is 11.8 Å². The van der Waals surface area contributed by atoms with Gasteiger partial charge in [0.2, 0.25) is 19.8 Å². The number of benzene rings is 2. The normalized spacial score (nSPS) is 18.0. The first-order valence-corrected chi connectivity index (χ1v) is 10.6. The minimum absolute atomic E-state index is 0.101. The third-order valence-electron chi connectivity index (χ3n) is 5.82. The first kappa shape index (κ1) is 23.9. The Morgan fingerprint density at radius 1 is 1.21 bits per heavy atom. The summed E-state index contributed by atoms with van der Waals surface area (Å²) in [5.74, 6) is -6.96. The van der Waals surface area contributed by atoms with Gasteiger partial charge in [0.15, 0.2) is 0 Å². The highest BCUT2D eigenvalue weighted by atomic mass is 35.5. The molecule has 1 unspecified atom stereocenters. The van der Waals surface area contributed by atoms with Crippen molar-refractivity contribution in [1.29, 1.82) is 0 Å². The van der Waals surface area contributed by atoms with E-state index in [4.69, 9.17) is 27.4 Å². The lowest BCUT2D eigenvalue weighted by Crippen LogP contribution is -2.52. The molecule has 2 aliphatic rings. The Hall–Kier alpha value is -3.20. The van der Waals surface area contributed by atoms with Crippen LogP contribution in [0.4, 0.5) is 8.78 Å². The number of rotatable bonds is 5. The summed E-state index contributed by atoms with van der Waals surface area (Å²) < 4.78 is 29.6. The van der Waals surface area contributed by atoms with Gasteiger partial charge in [0.05, 0.1) is 0 Å². The molecule has 1 fully saturated rings. The van der Waals surface area contributed by atoms with Crippen LogP contribution in [-0.4, -0.2) is 55.2 Å². The number of carbonyl (C=O) groups excluding carboxylic acids is 4.